The molecule has 2 aromatic carbocycles. The van der Waals surface area contributed by atoms with Crippen LogP contribution in [0.4, 0.5) is 5.69 Å². The summed E-state index contributed by atoms with van der Waals surface area (Å²) < 4.78 is 36.9. The van der Waals surface area contributed by atoms with Gasteiger partial charge in [-0.3, -0.25) is 13.9 Å². The summed E-state index contributed by atoms with van der Waals surface area (Å²) in [5, 5.41) is 2.90. The number of methoxy groups -OCH3 is 2. The molecule has 0 spiro atoms. The molecular weight excluding hydrogens is 494 g/mol. The minimum Gasteiger partial charge on any atom is -0.497 e. The third-order valence-corrected chi connectivity index (χ3v) is 7.05. The Morgan fingerprint density at radius 1 is 0.973 bits per heavy atom. The van der Waals surface area contributed by atoms with Gasteiger partial charge in [0.25, 0.3) is 0 Å². The fourth-order valence-corrected chi connectivity index (χ4v) is 4.75. The monoisotopic (exact) mass is 533 g/mol. The first-order valence-electron chi connectivity index (χ1n) is 12.3. The van der Waals surface area contributed by atoms with Crippen molar-refractivity contribution in [3.05, 3.63) is 54.1 Å². The lowest BCUT2D eigenvalue weighted by molar-refractivity contribution is -0.140. The normalized spacial score (nSPS) is 12.1. The van der Waals surface area contributed by atoms with Gasteiger partial charge in [0.15, 0.2) is 0 Å². The van der Waals surface area contributed by atoms with Crippen molar-refractivity contribution in [2.75, 3.05) is 37.9 Å². The Bertz CT molecular complexity index is 1140. The van der Waals surface area contributed by atoms with E-state index in [1.54, 1.807) is 50.4 Å². The molecule has 2 aromatic rings. The topological polar surface area (TPSA) is 105 Å². The van der Waals surface area contributed by atoms with Gasteiger partial charge in [0, 0.05) is 26.1 Å². The van der Waals surface area contributed by atoms with Crippen molar-refractivity contribution >= 4 is 27.5 Å². The Morgan fingerprint density at radius 3 is 2.19 bits per heavy atom. The van der Waals surface area contributed by atoms with Gasteiger partial charge in [-0.2, -0.15) is 0 Å². The van der Waals surface area contributed by atoms with E-state index in [4.69, 9.17) is 9.47 Å². The van der Waals surface area contributed by atoms with Gasteiger partial charge in [0.1, 0.15) is 17.5 Å². The number of benzene rings is 2. The summed E-state index contributed by atoms with van der Waals surface area (Å²) in [4.78, 5) is 27.7. The summed E-state index contributed by atoms with van der Waals surface area (Å²) in [6.45, 7) is 6.54. The van der Waals surface area contributed by atoms with Crippen LogP contribution in [0, 0.1) is 5.92 Å². The molecule has 0 heterocycles. The van der Waals surface area contributed by atoms with E-state index in [-0.39, 0.29) is 43.7 Å². The number of carbonyl (C=O) groups excluding carboxylic acids is 2. The summed E-state index contributed by atoms with van der Waals surface area (Å²) in [5.41, 5.74) is 1.26. The van der Waals surface area contributed by atoms with Crippen molar-refractivity contribution in [3.8, 4) is 11.5 Å². The number of ether oxygens (including phenoxy) is 2. The molecule has 2 rings (SSSR count). The maximum absolute atomic E-state index is 13.4. The molecule has 0 bridgehead atoms. The molecule has 0 aromatic heterocycles. The van der Waals surface area contributed by atoms with Crippen LogP contribution in [-0.4, -0.2) is 64.7 Å². The molecule has 0 aliphatic rings. The zero-order valence-electron chi connectivity index (χ0n) is 22.6. The molecule has 2 amide bonds. The van der Waals surface area contributed by atoms with E-state index >= 15 is 0 Å². The number of hydrogen-bond donors (Lipinski definition) is 1. The first-order chi connectivity index (χ1) is 17.5. The second-order valence-corrected chi connectivity index (χ2v) is 11.2. The van der Waals surface area contributed by atoms with Crippen molar-refractivity contribution in [2.24, 2.45) is 5.92 Å². The minimum atomic E-state index is -3.62. The Hall–Kier alpha value is -3.27. The SMILES string of the molecule is COc1ccc(CN(C(=O)CCCN(c2ccccc2OC)S(C)(=O)=O)[C@H](C)C(=O)NCC(C)C)cc1. The molecule has 0 fully saturated rings. The smallest absolute Gasteiger partial charge is 0.242 e. The molecule has 0 unspecified atom stereocenters. The summed E-state index contributed by atoms with van der Waals surface area (Å²) in [6, 6.07) is 13.5. The van der Waals surface area contributed by atoms with Crippen LogP contribution in [0.25, 0.3) is 0 Å². The maximum Gasteiger partial charge on any atom is 0.242 e. The second kappa shape index (κ2) is 13.9. The van der Waals surface area contributed by atoms with Gasteiger partial charge in [-0.25, -0.2) is 8.42 Å². The van der Waals surface area contributed by atoms with Crippen LogP contribution in [0.3, 0.4) is 0 Å². The first kappa shape index (κ1) is 30.0. The van der Waals surface area contributed by atoms with E-state index in [1.165, 1.54) is 16.3 Å². The highest BCUT2D eigenvalue weighted by Gasteiger charge is 2.27. The molecular formula is C27H39N3O6S. The molecule has 0 radical (unpaired) electrons. The predicted octanol–water partition coefficient (Wildman–Crippen LogP) is 3.44. The quantitative estimate of drug-likeness (QED) is 0.399. The van der Waals surface area contributed by atoms with Crippen LogP contribution in [0.1, 0.15) is 39.2 Å². The Morgan fingerprint density at radius 2 is 1.62 bits per heavy atom. The van der Waals surface area contributed by atoms with Crippen molar-refractivity contribution in [1.82, 2.24) is 10.2 Å². The van der Waals surface area contributed by atoms with Crippen LogP contribution in [0.2, 0.25) is 0 Å². The molecule has 0 aliphatic heterocycles. The lowest BCUT2D eigenvalue weighted by Crippen LogP contribution is -2.48. The van der Waals surface area contributed by atoms with Crippen LogP contribution in [-0.2, 0) is 26.2 Å². The number of sulfonamides is 1. The Labute approximate surface area is 220 Å². The highest BCUT2D eigenvalue weighted by atomic mass is 32.2. The number of nitrogens with one attached hydrogen (secondary N) is 1. The molecule has 10 heteroatoms. The number of hydrogen-bond acceptors (Lipinski definition) is 6. The van der Waals surface area contributed by atoms with Crippen LogP contribution in [0.5, 0.6) is 11.5 Å². The fourth-order valence-electron chi connectivity index (χ4n) is 3.78. The van der Waals surface area contributed by atoms with Gasteiger partial charge in [0.2, 0.25) is 21.8 Å². The molecule has 0 saturated carbocycles. The number of rotatable bonds is 14. The zero-order chi connectivity index (χ0) is 27.6. The van der Waals surface area contributed by atoms with Gasteiger partial charge in [-0.15, -0.1) is 0 Å². The maximum atomic E-state index is 13.4. The van der Waals surface area contributed by atoms with Crippen LogP contribution >= 0.6 is 0 Å². The number of carbonyl (C=O) groups is 2. The van der Waals surface area contributed by atoms with E-state index in [0.29, 0.717) is 23.7 Å². The number of nitrogens with zero attached hydrogens (tertiary/aromatic N) is 2. The molecule has 1 atom stereocenters. The molecule has 0 saturated heterocycles. The Kier molecular flexibility index (Phi) is 11.2. The number of para-hydroxylation sites is 2. The average molecular weight is 534 g/mol. The first-order valence-corrected chi connectivity index (χ1v) is 14.1. The van der Waals surface area contributed by atoms with Gasteiger partial charge < -0.3 is 19.7 Å². The molecule has 9 nitrogen and oxygen atoms in total. The molecule has 37 heavy (non-hydrogen) atoms. The van der Waals surface area contributed by atoms with Crippen LogP contribution in [0.15, 0.2) is 48.5 Å². The van der Waals surface area contributed by atoms with Crippen LogP contribution < -0.4 is 19.1 Å². The zero-order valence-corrected chi connectivity index (χ0v) is 23.4. The third kappa shape index (κ3) is 8.96. The van der Waals surface area contributed by atoms with E-state index < -0.39 is 16.1 Å². The summed E-state index contributed by atoms with van der Waals surface area (Å²) in [6.07, 6.45) is 1.46. The predicted molar refractivity (Wildman–Crippen MR) is 145 cm³/mol. The molecule has 1 N–H and O–H groups in total. The lowest BCUT2D eigenvalue weighted by Gasteiger charge is -2.30. The minimum absolute atomic E-state index is 0.0686. The van der Waals surface area contributed by atoms with Gasteiger partial charge >= 0.3 is 0 Å². The van der Waals surface area contributed by atoms with Gasteiger partial charge in [-0.1, -0.05) is 38.1 Å². The second-order valence-electron chi connectivity index (χ2n) is 9.30. The number of amides is 2. The van der Waals surface area contributed by atoms with Crippen molar-refractivity contribution in [2.45, 2.75) is 46.2 Å². The third-order valence-electron chi connectivity index (χ3n) is 5.87. The van der Waals surface area contributed by atoms with E-state index in [2.05, 4.69) is 5.32 Å². The molecule has 0 aliphatic carbocycles. The van der Waals surface area contributed by atoms with E-state index in [0.717, 1.165) is 11.8 Å². The largest absolute Gasteiger partial charge is 0.497 e. The molecule has 204 valence electrons. The summed E-state index contributed by atoms with van der Waals surface area (Å²) >= 11 is 0. The fraction of sp³-hybridized carbons (Fsp3) is 0.481. The lowest BCUT2D eigenvalue weighted by atomic mass is 10.1. The van der Waals surface area contributed by atoms with E-state index in [9.17, 15) is 18.0 Å². The highest BCUT2D eigenvalue weighted by Crippen LogP contribution is 2.29. The summed E-state index contributed by atoms with van der Waals surface area (Å²) in [5.74, 6) is 0.926. The van der Waals surface area contributed by atoms with Gasteiger partial charge in [-0.05, 0) is 49.1 Å². The van der Waals surface area contributed by atoms with Crippen molar-refractivity contribution in [3.63, 3.8) is 0 Å². The highest BCUT2D eigenvalue weighted by molar-refractivity contribution is 7.92. The number of anilines is 1. The van der Waals surface area contributed by atoms with E-state index in [1.807, 2.05) is 26.0 Å². The van der Waals surface area contributed by atoms with Gasteiger partial charge in [0.05, 0.1) is 26.2 Å². The Balaban J connectivity index is 2.19. The average Bonchev–Trinajstić information content (AvgIpc) is 2.87. The summed E-state index contributed by atoms with van der Waals surface area (Å²) in [7, 11) is -0.559. The standard InChI is InChI=1S/C27H39N3O6S/c1-20(2)18-28-27(32)21(3)29(19-22-13-15-23(35-4)16-14-22)26(31)12-9-17-30(37(6,33)34)24-10-7-8-11-25(24)36-5/h7-8,10-11,13-16,20-21H,9,12,17-19H2,1-6H3,(H,28,32)/t21-/m1/s1. The van der Waals surface area contributed by atoms with Crippen molar-refractivity contribution in [1.29, 1.82) is 0 Å². The van der Waals surface area contributed by atoms with Crippen molar-refractivity contribution < 1.29 is 27.5 Å².